The Bertz CT molecular complexity index is 1350. The van der Waals surface area contributed by atoms with Crippen LogP contribution >= 0.6 is 15.9 Å². The smallest absolute Gasteiger partial charge is 0.227 e. The van der Waals surface area contributed by atoms with Crippen molar-refractivity contribution in [2.45, 2.75) is 45.1 Å². The predicted molar refractivity (Wildman–Crippen MR) is 144 cm³/mol. The molecule has 1 amide bonds. The van der Waals surface area contributed by atoms with Gasteiger partial charge in [0.05, 0.1) is 23.3 Å². The minimum Gasteiger partial charge on any atom is -0.492 e. The molecule has 1 aromatic heterocycles. The topological polar surface area (TPSA) is 47.4 Å². The Labute approximate surface area is 214 Å². The van der Waals surface area contributed by atoms with Crippen LogP contribution in [0.4, 0.5) is 5.69 Å². The van der Waals surface area contributed by atoms with Crippen molar-refractivity contribution in [3.63, 3.8) is 0 Å². The van der Waals surface area contributed by atoms with Gasteiger partial charge in [-0.15, -0.1) is 0 Å². The molecule has 0 N–H and O–H groups in total. The highest BCUT2D eigenvalue weighted by molar-refractivity contribution is 9.10. The summed E-state index contributed by atoms with van der Waals surface area (Å²) in [6.07, 6.45) is 0.444. The number of halogens is 1. The second-order valence-electron chi connectivity index (χ2n) is 10.1. The molecule has 0 radical (unpaired) electrons. The summed E-state index contributed by atoms with van der Waals surface area (Å²) in [6, 6.07) is 24.4. The van der Waals surface area contributed by atoms with Gasteiger partial charge in [-0.05, 0) is 63.3 Å². The number of hydrogen-bond donors (Lipinski definition) is 0. The van der Waals surface area contributed by atoms with Crippen LogP contribution in [-0.2, 0) is 16.8 Å². The molecule has 1 saturated heterocycles. The van der Waals surface area contributed by atoms with Gasteiger partial charge in [0.2, 0.25) is 5.91 Å². The molecule has 1 aliphatic heterocycles. The van der Waals surface area contributed by atoms with Crippen LogP contribution in [0.15, 0.2) is 77.3 Å². The van der Waals surface area contributed by atoms with Gasteiger partial charge in [-0.1, -0.05) is 57.2 Å². The molecule has 0 saturated carbocycles. The minimum atomic E-state index is 0.0214. The second kappa shape index (κ2) is 9.50. The van der Waals surface area contributed by atoms with Crippen LogP contribution in [0.25, 0.3) is 11.0 Å². The van der Waals surface area contributed by atoms with Gasteiger partial charge in [0.1, 0.15) is 18.2 Å². The van der Waals surface area contributed by atoms with Crippen LogP contribution in [0.2, 0.25) is 0 Å². The number of nitrogens with zero attached hydrogens (tertiary/aromatic N) is 3. The Hall–Kier alpha value is -3.12. The van der Waals surface area contributed by atoms with Gasteiger partial charge in [0.25, 0.3) is 0 Å². The third kappa shape index (κ3) is 4.85. The largest absolute Gasteiger partial charge is 0.492 e. The fourth-order valence-electron chi connectivity index (χ4n) is 4.73. The summed E-state index contributed by atoms with van der Waals surface area (Å²) in [5.41, 5.74) is 4.33. The van der Waals surface area contributed by atoms with Gasteiger partial charge in [-0.2, -0.15) is 0 Å². The Morgan fingerprint density at radius 3 is 2.46 bits per heavy atom. The van der Waals surface area contributed by atoms with Crippen LogP contribution in [0, 0.1) is 0 Å². The predicted octanol–water partition coefficient (Wildman–Crippen LogP) is 6.70. The summed E-state index contributed by atoms with van der Waals surface area (Å²) in [4.78, 5) is 19.8. The van der Waals surface area contributed by atoms with E-state index in [1.165, 1.54) is 5.56 Å². The Morgan fingerprint density at radius 2 is 1.71 bits per heavy atom. The second-order valence-corrected chi connectivity index (χ2v) is 10.9. The number of anilines is 1. The third-order valence-electron chi connectivity index (χ3n) is 6.62. The molecular formula is C29H30BrN3O2. The van der Waals surface area contributed by atoms with E-state index < -0.39 is 0 Å². The molecule has 180 valence electrons. The maximum absolute atomic E-state index is 13.0. The third-order valence-corrected chi connectivity index (χ3v) is 7.29. The van der Waals surface area contributed by atoms with Gasteiger partial charge < -0.3 is 14.2 Å². The number of benzene rings is 3. The minimum absolute atomic E-state index is 0.0214. The number of fused-ring (bicyclic) bond motifs is 1. The molecule has 0 spiro atoms. The lowest BCUT2D eigenvalue weighted by atomic mass is 9.87. The van der Waals surface area contributed by atoms with Crippen molar-refractivity contribution >= 4 is 38.6 Å². The van der Waals surface area contributed by atoms with E-state index in [0.717, 1.165) is 32.8 Å². The van der Waals surface area contributed by atoms with Gasteiger partial charge >= 0.3 is 0 Å². The lowest BCUT2D eigenvalue weighted by Crippen LogP contribution is -2.25. The zero-order valence-corrected chi connectivity index (χ0v) is 22.0. The molecule has 1 atom stereocenters. The Morgan fingerprint density at radius 1 is 1.00 bits per heavy atom. The first-order valence-electron chi connectivity index (χ1n) is 12.0. The number of rotatable bonds is 6. The lowest BCUT2D eigenvalue weighted by Gasteiger charge is -2.19. The molecule has 1 fully saturated rings. The van der Waals surface area contributed by atoms with Gasteiger partial charge in [-0.3, -0.25) is 4.79 Å². The van der Waals surface area contributed by atoms with Crippen molar-refractivity contribution < 1.29 is 9.53 Å². The highest BCUT2D eigenvalue weighted by Crippen LogP contribution is 2.36. The SMILES string of the molecule is CC(C)(C)c1ccc(OCCn2c(C3CC(=O)N(c4ccccc4Br)C3)nc3ccccc32)cc1. The molecule has 2 heterocycles. The first-order valence-corrected chi connectivity index (χ1v) is 12.8. The first-order chi connectivity index (χ1) is 16.8. The Balaban J connectivity index is 1.36. The molecule has 4 aromatic rings. The number of carbonyl (C=O) groups is 1. The summed E-state index contributed by atoms with van der Waals surface area (Å²) in [5.74, 6) is 1.95. The van der Waals surface area contributed by atoms with Crippen molar-refractivity contribution in [3.8, 4) is 5.75 Å². The summed E-state index contributed by atoms with van der Waals surface area (Å²) < 4.78 is 9.26. The van der Waals surface area contributed by atoms with E-state index in [2.05, 4.69) is 59.5 Å². The van der Waals surface area contributed by atoms with Crippen molar-refractivity contribution in [1.29, 1.82) is 0 Å². The maximum Gasteiger partial charge on any atom is 0.227 e. The van der Waals surface area contributed by atoms with Crippen molar-refractivity contribution in [2.24, 2.45) is 0 Å². The molecule has 35 heavy (non-hydrogen) atoms. The van der Waals surface area contributed by atoms with E-state index in [0.29, 0.717) is 26.1 Å². The van der Waals surface area contributed by atoms with Crippen LogP contribution in [-0.4, -0.2) is 28.6 Å². The number of para-hydroxylation sites is 3. The fourth-order valence-corrected chi connectivity index (χ4v) is 5.23. The zero-order valence-electron chi connectivity index (χ0n) is 20.4. The summed E-state index contributed by atoms with van der Waals surface area (Å²) in [6.45, 7) is 8.42. The van der Waals surface area contributed by atoms with Crippen molar-refractivity contribution in [1.82, 2.24) is 9.55 Å². The fraction of sp³-hybridized carbons (Fsp3) is 0.310. The summed E-state index contributed by atoms with van der Waals surface area (Å²) in [5, 5.41) is 0. The van der Waals surface area contributed by atoms with E-state index in [-0.39, 0.29) is 17.2 Å². The van der Waals surface area contributed by atoms with E-state index >= 15 is 0 Å². The van der Waals surface area contributed by atoms with Crippen molar-refractivity contribution in [3.05, 3.63) is 88.7 Å². The monoisotopic (exact) mass is 531 g/mol. The van der Waals surface area contributed by atoms with Crippen LogP contribution in [0.5, 0.6) is 5.75 Å². The normalized spacial score (nSPS) is 16.3. The standard InChI is InChI=1S/C29H30BrN3O2/c1-29(2,3)21-12-14-22(15-13-21)35-17-16-32-26-11-7-5-9-24(26)31-28(32)20-18-27(34)33(19-20)25-10-6-4-8-23(25)30/h4-15,20H,16-19H2,1-3H3. The number of amides is 1. The number of imidazole rings is 1. The van der Waals surface area contributed by atoms with Gasteiger partial charge in [-0.25, -0.2) is 4.98 Å². The molecule has 5 nitrogen and oxygen atoms in total. The van der Waals surface area contributed by atoms with E-state index in [1.807, 2.05) is 59.5 Å². The Kier molecular flexibility index (Phi) is 6.41. The first kappa shape index (κ1) is 23.6. The molecule has 1 unspecified atom stereocenters. The van der Waals surface area contributed by atoms with Crippen molar-refractivity contribution in [2.75, 3.05) is 18.1 Å². The molecule has 0 aliphatic carbocycles. The molecule has 0 bridgehead atoms. The number of carbonyl (C=O) groups excluding carboxylic acids is 1. The van der Waals surface area contributed by atoms with Gasteiger partial charge in [0, 0.05) is 23.4 Å². The molecular weight excluding hydrogens is 502 g/mol. The maximum atomic E-state index is 13.0. The molecule has 3 aromatic carbocycles. The number of aromatic nitrogens is 2. The average molecular weight is 532 g/mol. The van der Waals surface area contributed by atoms with Crippen LogP contribution in [0.3, 0.4) is 0 Å². The zero-order chi connectivity index (χ0) is 24.6. The lowest BCUT2D eigenvalue weighted by molar-refractivity contribution is -0.117. The number of ether oxygens (including phenoxy) is 1. The quantitative estimate of drug-likeness (QED) is 0.278. The molecule has 5 rings (SSSR count). The van der Waals surface area contributed by atoms with E-state index in [4.69, 9.17) is 9.72 Å². The molecule has 6 heteroatoms. The van der Waals surface area contributed by atoms with E-state index in [1.54, 1.807) is 0 Å². The summed E-state index contributed by atoms with van der Waals surface area (Å²) in [7, 11) is 0. The van der Waals surface area contributed by atoms with E-state index in [9.17, 15) is 4.79 Å². The number of hydrogen-bond acceptors (Lipinski definition) is 3. The van der Waals surface area contributed by atoms with Crippen LogP contribution < -0.4 is 9.64 Å². The summed E-state index contributed by atoms with van der Waals surface area (Å²) >= 11 is 3.59. The molecule has 1 aliphatic rings. The highest BCUT2D eigenvalue weighted by atomic mass is 79.9. The van der Waals surface area contributed by atoms with Crippen LogP contribution in [0.1, 0.15) is 44.5 Å². The van der Waals surface area contributed by atoms with Gasteiger partial charge in [0.15, 0.2) is 0 Å². The highest BCUT2D eigenvalue weighted by Gasteiger charge is 2.35. The average Bonchev–Trinajstić information content (AvgIpc) is 3.40.